The molecule has 1 amide bonds. The third kappa shape index (κ3) is 4.78. The Morgan fingerprint density at radius 3 is 2.64 bits per heavy atom. The standard InChI is InChI=1S/C28H36N2O5S/c1-34-19-12-10-18(11-13-19)25-21-8-5-6-14-28(21,33)15-16-30(25)17-23(31)29-26-24(27(32)35-2)20-7-3-4-9-22(20)36-26/h10-13,21,25,33H,3-9,14-17H2,1-2H3,(H,29,31)/t21-,25-,28-/m1/s1. The van der Waals surface area contributed by atoms with Crippen molar-refractivity contribution in [2.45, 2.75) is 69.4 Å². The third-order valence-electron chi connectivity index (χ3n) is 8.29. The fourth-order valence-electron chi connectivity index (χ4n) is 6.49. The van der Waals surface area contributed by atoms with Gasteiger partial charge in [0.05, 0.1) is 31.9 Å². The zero-order valence-corrected chi connectivity index (χ0v) is 22.0. The van der Waals surface area contributed by atoms with Crippen molar-refractivity contribution in [1.82, 2.24) is 4.90 Å². The fraction of sp³-hybridized carbons (Fsp3) is 0.571. The molecule has 0 radical (unpaired) electrons. The minimum absolute atomic E-state index is 0.0580. The molecule has 1 aliphatic heterocycles. The van der Waals surface area contributed by atoms with Crippen LogP contribution in [0.15, 0.2) is 24.3 Å². The van der Waals surface area contributed by atoms with Crippen LogP contribution in [0.5, 0.6) is 5.75 Å². The lowest BCUT2D eigenvalue weighted by Crippen LogP contribution is -2.56. The number of likely N-dealkylation sites (tertiary alicyclic amines) is 1. The van der Waals surface area contributed by atoms with Crippen LogP contribution in [0.2, 0.25) is 0 Å². The van der Waals surface area contributed by atoms with E-state index in [1.54, 1.807) is 7.11 Å². The molecule has 1 saturated heterocycles. The zero-order valence-electron chi connectivity index (χ0n) is 21.2. The number of thiophene rings is 1. The molecule has 2 heterocycles. The molecule has 2 fully saturated rings. The molecule has 0 bridgehead atoms. The third-order valence-corrected chi connectivity index (χ3v) is 9.50. The van der Waals surface area contributed by atoms with Gasteiger partial charge in [0.2, 0.25) is 5.91 Å². The number of aliphatic hydroxyl groups is 1. The molecule has 5 rings (SSSR count). The molecular weight excluding hydrogens is 476 g/mol. The first-order valence-corrected chi connectivity index (χ1v) is 13.9. The Balaban J connectivity index is 1.40. The van der Waals surface area contributed by atoms with Crippen LogP contribution in [-0.4, -0.2) is 54.8 Å². The molecule has 0 unspecified atom stereocenters. The van der Waals surface area contributed by atoms with Crippen LogP contribution >= 0.6 is 11.3 Å². The first-order valence-electron chi connectivity index (χ1n) is 13.1. The minimum Gasteiger partial charge on any atom is -0.497 e. The number of rotatable bonds is 6. The van der Waals surface area contributed by atoms with Gasteiger partial charge in [-0.3, -0.25) is 9.69 Å². The lowest BCUT2D eigenvalue weighted by atomic mass is 9.66. The predicted molar refractivity (Wildman–Crippen MR) is 140 cm³/mol. The van der Waals surface area contributed by atoms with E-state index in [-0.39, 0.29) is 30.4 Å². The number of hydrogen-bond acceptors (Lipinski definition) is 7. The largest absolute Gasteiger partial charge is 0.497 e. The summed E-state index contributed by atoms with van der Waals surface area (Å²) in [5.74, 6) is 0.334. The second kappa shape index (κ2) is 10.5. The van der Waals surface area contributed by atoms with Crippen LogP contribution in [0.25, 0.3) is 0 Å². The van der Waals surface area contributed by atoms with Crippen molar-refractivity contribution in [3.63, 3.8) is 0 Å². The van der Waals surface area contributed by atoms with Gasteiger partial charge in [0.25, 0.3) is 0 Å². The summed E-state index contributed by atoms with van der Waals surface area (Å²) >= 11 is 1.51. The van der Waals surface area contributed by atoms with E-state index in [9.17, 15) is 14.7 Å². The van der Waals surface area contributed by atoms with Crippen molar-refractivity contribution in [2.24, 2.45) is 5.92 Å². The summed E-state index contributed by atoms with van der Waals surface area (Å²) in [6, 6.07) is 7.94. The molecule has 2 aromatic rings. The smallest absolute Gasteiger partial charge is 0.341 e. The van der Waals surface area contributed by atoms with Gasteiger partial charge in [-0.15, -0.1) is 11.3 Å². The molecule has 3 aliphatic rings. The zero-order chi connectivity index (χ0) is 25.3. The highest BCUT2D eigenvalue weighted by atomic mass is 32.1. The van der Waals surface area contributed by atoms with Gasteiger partial charge in [0, 0.05) is 23.4 Å². The van der Waals surface area contributed by atoms with E-state index >= 15 is 0 Å². The Labute approximate surface area is 216 Å². The summed E-state index contributed by atoms with van der Waals surface area (Å²) in [7, 11) is 3.04. The second-order valence-electron chi connectivity index (χ2n) is 10.3. The Hall–Kier alpha value is -2.42. The van der Waals surface area contributed by atoms with Crippen molar-refractivity contribution in [3.05, 3.63) is 45.8 Å². The van der Waals surface area contributed by atoms with Crippen LogP contribution in [0, 0.1) is 5.92 Å². The second-order valence-corrected chi connectivity index (χ2v) is 11.5. The Bertz CT molecular complexity index is 1110. The Morgan fingerprint density at radius 2 is 1.89 bits per heavy atom. The molecule has 1 aromatic heterocycles. The molecule has 1 saturated carbocycles. The lowest BCUT2D eigenvalue weighted by molar-refractivity contribution is -0.135. The molecule has 194 valence electrons. The monoisotopic (exact) mass is 512 g/mol. The number of anilines is 1. The molecule has 1 aromatic carbocycles. The van der Waals surface area contributed by atoms with Crippen molar-refractivity contribution < 1.29 is 24.2 Å². The molecular formula is C28H36N2O5S. The van der Waals surface area contributed by atoms with Gasteiger partial charge in [0.1, 0.15) is 10.8 Å². The maximum Gasteiger partial charge on any atom is 0.341 e. The maximum atomic E-state index is 13.4. The number of methoxy groups -OCH3 is 2. The molecule has 7 nitrogen and oxygen atoms in total. The van der Waals surface area contributed by atoms with Crippen molar-refractivity contribution in [2.75, 3.05) is 32.6 Å². The molecule has 8 heteroatoms. The van der Waals surface area contributed by atoms with E-state index < -0.39 is 5.60 Å². The lowest BCUT2D eigenvalue weighted by Gasteiger charge is -2.52. The maximum absolute atomic E-state index is 13.4. The molecule has 36 heavy (non-hydrogen) atoms. The van der Waals surface area contributed by atoms with Gasteiger partial charge in [-0.1, -0.05) is 25.0 Å². The highest BCUT2D eigenvalue weighted by molar-refractivity contribution is 7.17. The average molecular weight is 513 g/mol. The van der Waals surface area contributed by atoms with Crippen LogP contribution in [0.4, 0.5) is 5.00 Å². The number of ether oxygens (including phenoxy) is 2. The van der Waals surface area contributed by atoms with E-state index in [2.05, 4.69) is 22.3 Å². The number of hydrogen-bond donors (Lipinski definition) is 2. The number of esters is 1. The number of carbonyl (C=O) groups is 2. The van der Waals surface area contributed by atoms with Crippen LogP contribution in [0.3, 0.4) is 0 Å². The van der Waals surface area contributed by atoms with Crippen molar-refractivity contribution >= 4 is 28.2 Å². The van der Waals surface area contributed by atoms with E-state index in [0.717, 1.165) is 68.2 Å². The van der Waals surface area contributed by atoms with E-state index in [0.29, 0.717) is 23.5 Å². The normalized spacial score (nSPS) is 26.0. The SMILES string of the molecule is COC(=O)c1c(NC(=O)CN2CC[C@]3(O)CCCC[C@@H]3[C@H]2c2ccc(OC)cc2)sc2c1CCCC2. The fourth-order valence-corrected chi connectivity index (χ4v) is 7.78. The number of benzene rings is 1. The van der Waals surface area contributed by atoms with Gasteiger partial charge >= 0.3 is 5.97 Å². The quantitative estimate of drug-likeness (QED) is 0.544. The van der Waals surface area contributed by atoms with Gasteiger partial charge in [-0.2, -0.15) is 0 Å². The van der Waals surface area contributed by atoms with Crippen LogP contribution in [-0.2, 0) is 22.4 Å². The van der Waals surface area contributed by atoms with Gasteiger partial charge in [-0.25, -0.2) is 4.79 Å². The number of piperidine rings is 1. The topological polar surface area (TPSA) is 88.1 Å². The number of amides is 1. The number of nitrogens with one attached hydrogen (secondary N) is 1. The summed E-state index contributed by atoms with van der Waals surface area (Å²) in [4.78, 5) is 29.4. The highest BCUT2D eigenvalue weighted by Crippen LogP contribution is 2.49. The molecule has 0 spiro atoms. The first-order chi connectivity index (χ1) is 17.4. The van der Waals surface area contributed by atoms with E-state index in [4.69, 9.17) is 9.47 Å². The average Bonchev–Trinajstić information content (AvgIpc) is 3.26. The number of fused-ring (bicyclic) bond motifs is 2. The summed E-state index contributed by atoms with van der Waals surface area (Å²) in [5.41, 5.74) is 1.96. The van der Waals surface area contributed by atoms with Gasteiger partial charge in [0.15, 0.2) is 0 Å². The Kier molecular flexibility index (Phi) is 7.37. The van der Waals surface area contributed by atoms with Gasteiger partial charge < -0.3 is 19.9 Å². The van der Waals surface area contributed by atoms with Crippen LogP contribution in [0.1, 0.15) is 77.3 Å². The Morgan fingerprint density at radius 1 is 1.11 bits per heavy atom. The first kappa shape index (κ1) is 25.2. The highest BCUT2D eigenvalue weighted by Gasteiger charge is 2.49. The van der Waals surface area contributed by atoms with Gasteiger partial charge in [-0.05, 0) is 68.2 Å². The summed E-state index contributed by atoms with van der Waals surface area (Å²) in [6.45, 7) is 0.842. The van der Waals surface area contributed by atoms with E-state index in [1.807, 2.05) is 12.1 Å². The number of carbonyl (C=O) groups excluding carboxylic acids is 2. The number of nitrogens with zero attached hydrogens (tertiary/aromatic N) is 1. The number of aryl methyl sites for hydroxylation is 1. The predicted octanol–water partition coefficient (Wildman–Crippen LogP) is 4.73. The van der Waals surface area contributed by atoms with Crippen molar-refractivity contribution in [1.29, 1.82) is 0 Å². The minimum atomic E-state index is -0.694. The molecule has 3 atom stereocenters. The van der Waals surface area contributed by atoms with Crippen molar-refractivity contribution in [3.8, 4) is 5.75 Å². The summed E-state index contributed by atoms with van der Waals surface area (Å²) in [6.07, 6.45) is 8.47. The van der Waals surface area contributed by atoms with E-state index in [1.165, 1.54) is 23.3 Å². The molecule has 2 N–H and O–H groups in total. The summed E-state index contributed by atoms with van der Waals surface area (Å²) in [5, 5.41) is 15.2. The van der Waals surface area contributed by atoms with Crippen LogP contribution < -0.4 is 10.1 Å². The molecule has 2 aliphatic carbocycles. The summed E-state index contributed by atoms with van der Waals surface area (Å²) < 4.78 is 10.4.